The Morgan fingerprint density at radius 1 is 0.517 bits per heavy atom. The molecule has 0 aromatic carbocycles. The zero-order valence-electron chi connectivity index (χ0n) is 38.8. The minimum Gasteiger partial charge on any atom is -0.477 e. The quantitative estimate of drug-likeness (QED) is 0.0213. The molecule has 0 amide bonds. The molecular formula is C51H88NO8+. The van der Waals surface area contributed by atoms with E-state index in [1.165, 1.54) is 44.9 Å². The van der Waals surface area contributed by atoms with E-state index in [1.54, 1.807) is 0 Å². The van der Waals surface area contributed by atoms with Gasteiger partial charge >= 0.3 is 17.9 Å². The molecule has 0 saturated carbocycles. The highest BCUT2D eigenvalue weighted by Crippen LogP contribution is 2.14. The number of likely N-dealkylation sites (N-methyl/N-ethyl adjacent to an activating group) is 1. The van der Waals surface area contributed by atoms with Crippen molar-refractivity contribution >= 4 is 17.9 Å². The van der Waals surface area contributed by atoms with Gasteiger partial charge in [0.1, 0.15) is 13.2 Å². The number of hydrogen-bond donors (Lipinski definition) is 1. The first-order valence-electron chi connectivity index (χ1n) is 23.6. The van der Waals surface area contributed by atoms with Crippen molar-refractivity contribution in [1.82, 2.24) is 0 Å². The Morgan fingerprint density at radius 3 is 1.42 bits per heavy atom. The molecule has 0 heterocycles. The minimum atomic E-state index is -1.51. The highest BCUT2D eigenvalue weighted by Gasteiger charge is 2.25. The molecule has 0 spiro atoms. The van der Waals surface area contributed by atoms with E-state index in [9.17, 15) is 19.5 Å². The summed E-state index contributed by atoms with van der Waals surface area (Å²) in [7, 11) is 5.94. The molecule has 344 valence electrons. The molecule has 0 saturated heterocycles. The predicted molar refractivity (Wildman–Crippen MR) is 249 cm³/mol. The molecule has 2 unspecified atom stereocenters. The van der Waals surface area contributed by atoms with E-state index in [0.717, 1.165) is 96.3 Å². The molecule has 0 fully saturated rings. The molecule has 0 aliphatic carbocycles. The third-order valence-electron chi connectivity index (χ3n) is 9.73. The second-order valence-electron chi connectivity index (χ2n) is 16.7. The van der Waals surface area contributed by atoms with Gasteiger partial charge in [-0.25, -0.2) is 4.79 Å². The Hall–Kier alpha value is -3.27. The number of hydrogen-bond acceptors (Lipinski definition) is 7. The van der Waals surface area contributed by atoms with Gasteiger partial charge in [0.15, 0.2) is 6.10 Å². The monoisotopic (exact) mass is 843 g/mol. The first-order chi connectivity index (χ1) is 29.1. The number of rotatable bonds is 42. The third kappa shape index (κ3) is 42.8. The molecule has 0 bridgehead atoms. The Bertz CT molecular complexity index is 1210. The fourth-order valence-corrected chi connectivity index (χ4v) is 6.07. The molecular weight excluding hydrogens is 755 g/mol. The van der Waals surface area contributed by atoms with Gasteiger partial charge in [0.05, 0.1) is 34.4 Å². The van der Waals surface area contributed by atoms with Gasteiger partial charge in [0.25, 0.3) is 6.29 Å². The van der Waals surface area contributed by atoms with Crippen molar-refractivity contribution in [3.63, 3.8) is 0 Å². The van der Waals surface area contributed by atoms with Crippen LogP contribution >= 0.6 is 0 Å². The lowest BCUT2D eigenvalue weighted by molar-refractivity contribution is -0.870. The summed E-state index contributed by atoms with van der Waals surface area (Å²) in [5.41, 5.74) is 0. The maximum atomic E-state index is 12.8. The maximum absolute atomic E-state index is 12.8. The molecule has 1 N–H and O–H groups in total. The van der Waals surface area contributed by atoms with Gasteiger partial charge < -0.3 is 28.5 Å². The third-order valence-corrected chi connectivity index (χ3v) is 9.73. The molecule has 0 aromatic rings. The summed E-state index contributed by atoms with van der Waals surface area (Å²) >= 11 is 0. The van der Waals surface area contributed by atoms with Crippen molar-refractivity contribution in [2.75, 3.05) is 47.5 Å². The summed E-state index contributed by atoms with van der Waals surface area (Å²) in [6, 6.07) is 0. The number of ether oxygens (including phenoxy) is 4. The molecule has 0 aliphatic heterocycles. The van der Waals surface area contributed by atoms with Gasteiger partial charge in [-0.15, -0.1) is 0 Å². The first kappa shape index (κ1) is 56.7. The number of carbonyl (C=O) groups is 3. The summed E-state index contributed by atoms with van der Waals surface area (Å²) in [6.45, 7) is 4.71. The number of unbranched alkanes of at least 4 members (excludes halogenated alkanes) is 15. The summed E-state index contributed by atoms with van der Waals surface area (Å²) in [4.78, 5) is 37.1. The van der Waals surface area contributed by atoms with Crippen molar-refractivity contribution in [1.29, 1.82) is 0 Å². The number of aliphatic carboxylic acids is 1. The van der Waals surface area contributed by atoms with E-state index in [2.05, 4.69) is 86.8 Å². The Balaban J connectivity index is 4.37. The SMILES string of the molecule is CC/C=C\C/C=C\C/C=C\C/C=C\C/C=C\C/C=C\CCCCCCCCC(=O)OC(COC(=O)CCCCCCCCCCCC)COC(OCC[N+](C)(C)C)C(=O)O. The van der Waals surface area contributed by atoms with E-state index in [-0.39, 0.29) is 32.2 Å². The second kappa shape index (κ2) is 42.4. The Kier molecular flexibility index (Phi) is 40.1. The van der Waals surface area contributed by atoms with Crippen LogP contribution in [0.5, 0.6) is 0 Å². The maximum Gasteiger partial charge on any atom is 0.361 e. The van der Waals surface area contributed by atoms with Gasteiger partial charge in [-0.3, -0.25) is 9.59 Å². The van der Waals surface area contributed by atoms with Gasteiger partial charge in [-0.05, 0) is 64.2 Å². The highest BCUT2D eigenvalue weighted by molar-refractivity contribution is 5.71. The second-order valence-corrected chi connectivity index (χ2v) is 16.7. The number of carbonyl (C=O) groups excluding carboxylic acids is 2. The minimum absolute atomic E-state index is 0.182. The van der Waals surface area contributed by atoms with Gasteiger partial charge in [-0.1, -0.05) is 170 Å². The number of esters is 2. The zero-order valence-corrected chi connectivity index (χ0v) is 38.8. The lowest BCUT2D eigenvalue weighted by Crippen LogP contribution is -2.40. The smallest absolute Gasteiger partial charge is 0.361 e. The molecule has 0 aromatic heterocycles. The highest BCUT2D eigenvalue weighted by atomic mass is 16.7. The van der Waals surface area contributed by atoms with Crippen LogP contribution in [0.3, 0.4) is 0 Å². The molecule has 0 radical (unpaired) electrons. The van der Waals surface area contributed by atoms with Crippen LogP contribution in [0.2, 0.25) is 0 Å². The fraction of sp³-hybridized carbons (Fsp3) is 0.706. The van der Waals surface area contributed by atoms with Crippen molar-refractivity contribution in [3.8, 4) is 0 Å². The van der Waals surface area contributed by atoms with Crippen LogP contribution in [-0.4, -0.2) is 87.4 Å². The molecule has 60 heavy (non-hydrogen) atoms. The molecule has 0 aliphatic rings. The van der Waals surface area contributed by atoms with Crippen molar-refractivity contribution in [2.24, 2.45) is 0 Å². The topological polar surface area (TPSA) is 108 Å². The van der Waals surface area contributed by atoms with Gasteiger partial charge in [0.2, 0.25) is 0 Å². The molecule has 9 nitrogen and oxygen atoms in total. The van der Waals surface area contributed by atoms with E-state index in [0.29, 0.717) is 23.9 Å². The van der Waals surface area contributed by atoms with E-state index >= 15 is 0 Å². The van der Waals surface area contributed by atoms with Crippen molar-refractivity contribution < 1.29 is 42.9 Å². The first-order valence-corrected chi connectivity index (χ1v) is 23.6. The molecule has 0 rings (SSSR count). The number of nitrogens with zero attached hydrogens (tertiary/aromatic N) is 1. The summed E-state index contributed by atoms with van der Waals surface area (Å²) in [6.07, 6.45) is 49.7. The Labute approximate surface area is 367 Å². The van der Waals surface area contributed by atoms with Gasteiger partial charge in [-0.2, -0.15) is 0 Å². The van der Waals surface area contributed by atoms with Crippen LogP contribution in [-0.2, 0) is 33.3 Å². The fourth-order valence-electron chi connectivity index (χ4n) is 6.07. The lowest BCUT2D eigenvalue weighted by Gasteiger charge is -2.25. The van der Waals surface area contributed by atoms with Crippen molar-refractivity contribution in [3.05, 3.63) is 72.9 Å². The van der Waals surface area contributed by atoms with Crippen LogP contribution in [0.15, 0.2) is 72.9 Å². The van der Waals surface area contributed by atoms with Crippen LogP contribution in [0.1, 0.15) is 174 Å². The standard InChI is InChI=1S/C51H87NO8/c1-6-8-10-12-14-16-18-19-20-21-22-23-24-25-26-27-28-29-30-31-32-34-36-38-40-42-49(54)60-47(46-59-51(50(55)56)57-44-43-52(3,4)5)45-58-48(53)41-39-37-35-33-17-15-13-11-9-7-2/h8,10,14,16,19-20,22-23,25-26,28-29,47,51H,6-7,9,11-13,15,17-18,21,24,27,30-46H2,1-5H3/p+1/b10-8-,16-14-,20-19-,23-22-,26-25-,29-28-. The Morgan fingerprint density at radius 2 is 0.950 bits per heavy atom. The van der Waals surface area contributed by atoms with Crippen LogP contribution < -0.4 is 0 Å². The lowest BCUT2D eigenvalue weighted by atomic mass is 10.1. The number of allylic oxidation sites excluding steroid dienone is 12. The largest absolute Gasteiger partial charge is 0.477 e. The summed E-state index contributed by atoms with van der Waals surface area (Å²) in [5, 5.41) is 9.63. The van der Waals surface area contributed by atoms with E-state index in [4.69, 9.17) is 18.9 Å². The van der Waals surface area contributed by atoms with E-state index < -0.39 is 24.3 Å². The van der Waals surface area contributed by atoms with E-state index in [1.807, 2.05) is 21.1 Å². The average molecular weight is 843 g/mol. The van der Waals surface area contributed by atoms with Crippen molar-refractivity contribution in [2.45, 2.75) is 187 Å². The molecule has 9 heteroatoms. The number of carboxylic acid groups (broad SMARTS) is 1. The molecule has 2 atom stereocenters. The van der Waals surface area contributed by atoms with Crippen LogP contribution in [0.4, 0.5) is 0 Å². The van der Waals surface area contributed by atoms with Gasteiger partial charge in [0, 0.05) is 12.8 Å². The normalized spacial score (nSPS) is 13.6. The average Bonchev–Trinajstić information content (AvgIpc) is 3.21. The summed E-state index contributed by atoms with van der Waals surface area (Å²) in [5.74, 6) is -2.04. The zero-order chi connectivity index (χ0) is 44.2. The summed E-state index contributed by atoms with van der Waals surface area (Å²) < 4.78 is 22.7. The number of quaternary nitrogens is 1. The predicted octanol–water partition coefficient (Wildman–Crippen LogP) is 12.7. The van der Waals surface area contributed by atoms with Crippen LogP contribution in [0, 0.1) is 0 Å². The number of carboxylic acids is 1. The van der Waals surface area contributed by atoms with Crippen LogP contribution in [0.25, 0.3) is 0 Å².